The molecule has 1 aromatic carbocycles. The molecule has 1 aromatic rings. The van der Waals surface area contributed by atoms with E-state index in [0.29, 0.717) is 0 Å². The zero-order chi connectivity index (χ0) is 9.10. The molecular formula is C12H14Si. The van der Waals surface area contributed by atoms with Crippen LogP contribution < -0.4 is 5.19 Å². The van der Waals surface area contributed by atoms with Gasteiger partial charge >= 0.3 is 0 Å². The first-order valence-corrected chi connectivity index (χ1v) is 6.97. The van der Waals surface area contributed by atoms with Gasteiger partial charge in [-0.3, -0.25) is 0 Å². The van der Waals surface area contributed by atoms with Gasteiger partial charge < -0.3 is 0 Å². The minimum Gasteiger partial charge on any atom is -0.0801 e. The molecule has 0 nitrogen and oxygen atoms in total. The molecule has 0 N–H and O–H groups in total. The highest BCUT2D eigenvalue weighted by Gasteiger charge is 2.01. The van der Waals surface area contributed by atoms with Crippen molar-refractivity contribution >= 4 is 20.3 Å². The van der Waals surface area contributed by atoms with E-state index in [1.807, 2.05) is 0 Å². The van der Waals surface area contributed by atoms with Crippen molar-refractivity contribution in [2.75, 3.05) is 0 Å². The summed E-state index contributed by atoms with van der Waals surface area (Å²) in [6, 6.07) is 9.07. The maximum atomic E-state index is 2.32. The van der Waals surface area contributed by atoms with Gasteiger partial charge in [0.2, 0.25) is 0 Å². The maximum absolute atomic E-state index is 2.32. The van der Waals surface area contributed by atoms with Gasteiger partial charge in [-0.1, -0.05) is 54.2 Å². The van der Waals surface area contributed by atoms with Crippen LogP contribution in [-0.4, -0.2) is 9.52 Å². The highest BCUT2D eigenvalue weighted by atomic mass is 28.2. The van der Waals surface area contributed by atoms with E-state index in [-0.39, 0.29) is 9.52 Å². The van der Waals surface area contributed by atoms with Gasteiger partial charge in [-0.25, -0.2) is 0 Å². The Morgan fingerprint density at radius 2 is 1.92 bits per heavy atom. The van der Waals surface area contributed by atoms with E-state index < -0.39 is 0 Å². The third-order valence-electron chi connectivity index (χ3n) is 2.50. The lowest BCUT2D eigenvalue weighted by atomic mass is 10.1. The molecule has 2 rings (SSSR count). The summed E-state index contributed by atoms with van der Waals surface area (Å²) < 4.78 is 0. The molecule has 13 heavy (non-hydrogen) atoms. The van der Waals surface area contributed by atoms with Crippen molar-refractivity contribution in [2.45, 2.75) is 13.0 Å². The summed E-state index contributed by atoms with van der Waals surface area (Å²) in [6.45, 7) is 2.32. The van der Waals surface area contributed by atoms with Gasteiger partial charge in [0.25, 0.3) is 0 Å². The smallest absolute Gasteiger partial charge is 0.0517 e. The lowest BCUT2D eigenvalue weighted by Crippen LogP contribution is -2.08. The van der Waals surface area contributed by atoms with Gasteiger partial charge in [0.15, 0.2) is 0 Å². The lowest BCUT2D eigenvalue weighted by molar-refractivity contribution is 1.43. The summed E-state index contributed by atoms with van der Waals surface area (Å²) in [5.41, 5.74) is 2.83. The van der Waals surface area contributed by atoms with Gasteiger partial charge in [0.1, 0.15) is 0 Å². The molecule has 0 spiro atoms. The predicted molar refractivity (Wildman–Crippen MR) is 62.2 cm³/mol. The second-order valence-electron chi connectivity index (χ2n) is 3.37. The summed E-state index contributed by atoms with van der Waals surface area (Å²) in [4.78, 5) is 0. The fourth-order valence-electron chi connectivity index (χ4n) is 1.62. The van der Waals surface area contributed by atoms with Crippen LogP contribution in [0.3, 0.4) is 0 Å². The molecule has 0 radical (unpaired) electrons. The SMILES string of the molecule is C[SiH2]c1ccc(C2=CC=CC2)cc1. The van der Waals surface area contributed by atoms with Crippen LogP contribution in [0.4, 0.5) is 0 Å². The topological polar surface area (TPSA) is 0 Å². The Kier molecular flexibility index (Phi) is 2.46. The Morgan fingerprint density at radius 1 is 1.15 bits per heavy atom. The fraction of sp³-hybridized carbons (Fsp3) is 0.167. The summed E-state index contributed by atoms with van der Waals surface area (Å²) in [5.74, 6) is 0. The van der Waals surface area contributed by atoms with Crippen molar-refractivity contribution in [3.63, 3.8) is 0 Å². The second kappa shape index (κ2) is 3.75. The minimum absolute atomic E-state index is 0.0187. The molecule has 0 aromatic heterocycles. The number of hydrogen-bond acceptors (Lipinski definition) is 0. The van der Waals surface area contributed by atoms with Crippen LogP contribution in [0.15, 0.2) is 42.5 Å². The first-order chi connectivity index (χ1) is 6.40. The van der Waals surface area contributed by atoms with Gasteiger partial charge in [0.05, 0.1) is 9.52 Å². The minimum atomic E-state index is 0.0187. The normalized spacial score (nSPS) is 15.6. The number of allylic oxidation sites excluding steroid dienone is 4. The Labute approximate surface area is 81.8 Å². The first-order valence-electron chi connectivity index (χ1n) is 4.85. The molecule has 66 valence electrons. The lowest BCUT2D eigenvalue weighted by Gasteiger charge is -2.02. The fourth-order valence-corrected chi connectivity index (χ4v) is 2.32. The molecule has 0 atom stereocenters. The third kappa shape index (κ3) is 1.81. The summed E-state index contributed by atoms with van der Waals surface area (Å²) in [5, 5.41) is 1.55. The first kappa shape index (κ1) is 8.51. The molecule has 0 saturated heterocycles. The van der Waals surface area contributed by atoms with E-state index in [4.69, 9.17) is 0 Å². The van der Waals surface area contributed by atoms with Gasteiger partial charge in [0, 0.05) is 0 Å². The number of rotatable bonds is 2. The highest BCUT2D eigenvalue weighted by Crippen LogP contribution is 2.21. The van der Waals surface area contributed by atoms with Crippen molar-refractivity contribution in [2.24, 2.45) is 0 Å². The van der Waals surface area contributed by atoms with Crippen LogP contribution in [-0.2, 0) is 0 Å². The van der Waals surface area contributed by atoms with E-state index >= 15 is 0 Å². The Hall–Kier alpha value is -1.08. The maximum Gasteiger partial charge on any atom is 0.0517 e. The number of benzene rings is 1. The summed E-state index contributed by atoms with van der Waals surface area (Å²) in [6.07, 6.45) is 7.65. The molecule has 1 aliphatic rings. The quantitative estimate of drug-likeness (QED) is 0.619. The third-order valence-corrected chi connectivity index (χ3v) is 3.79. The molecule has 0 unspecified atom stereocenters. The second-order valence-corrected chi connectivity index (χ2v) is 4.90. The molecule has 0 fully saturated rings. The van der Waals surface area contributed by atoms with Gasteiger partial charge in [-0.2, -0.15) is 0 Å². The monoisotopic (exact) mass is 186 g/mol. The highest BCUT2D eigenvalue weighted by molar-refractivity contribution is 6.51. The molecule has 0 saturated carbocycles. The molecular weight excluding hydrogens is 172 g/mol. The van der Waals surface area contributed by atoms with Crippen molar-refractivity contribution < 1.29 is 0 Å². The van der Waals surface area contributed by atoms with Crippen molar-refractivity contribution in [3.8, 4) is 0 Å². The van der Waals surface area contributed by atoms with Crippen LogP contribution in [0.25, 0.3) is 5.57 Å². The summed E-state index contributed by atoms with van der Waals surface area (Å²) in [7, 11) is 0.0187. The van der Waals surface area contributed by atoms with Crippen LogP contribution >= 0.6 is 0 Å². The standard InChI is InChI=1S/C12H14Si/c1-13-12-8-6-11(7-9-12)10-4-2-3-5-10/h2-4,6-9H,5,13H2,1H3. The molecule has 0 aliphatic heterocycles. The van der Waals surface area contributed by atoms with Gasteiger partial charge in [-0.05, 0) is 17.6 Å². The largest absolute Gasteiger partial charge is 0.0801 e. The van der Waals surface area contributed by atoms with Crippen LogP contribution in [0.1, 0.15) is 12.0 Å². The van der Waals surface area contributed by atoms with Crippen molar-refractivity contribution in [1.29, 1.82) is 0 Å². The van der Waals surface area contributed by atoms with E-state index in [2.05, 4.69) is 49.0 Å². The van der Waals surface area contributed by atoms with Crippen molar-refractivity contribution in [3.05, 3.63) is 48.1 Å². The molecule has 1 aliphatic carbocycles. The van der Waals surface area contributed by atoms with E-state index in [1.165, 1.54) is 11.1 Å². The zero-order valence-corrected chi connectivity index (χ0v) is 9.37. The van der Waals surface area contributed by atoms with E-state index in [0.717, 1.165) is 6.42 Å². The molecule has 0 amide bonds. The Bertz CT molecular complexity index is 344. The van der Waals surface area contributed by atoms with Gasteiger partial charge in [-0.15, -0.1) is 0 Å². The Balaban J connectivity index is 2.23. The van der Waals surface area contributed by atoms with E-state index in [1.54, 1.807) is 5.19 Å². The predicted octanol–water partition coefficient (Wildman–Crippen LogP) is 1.87. The average Bonchev–Trinajstić information content (AvgIpc) is 2.71. The van der Waals surface area contributed by atoms with E-state index in [9.17, 15) is 0 Å². The Morgan fingerprint density at radius 3 is 2.46 bits per heavy atom. The molecule has 1 heteroatoms. The van der Waals surface area contributed by atoms with Crippen LogP contribution in [0, 0.1) is 0 Å². The summed E-state index contributed by atoms with van der Waals surface area (Å²) >= 11 is 0. The van der Waals surface area contributed by atoms with Crippen LogP contribution in [0.2, 0.25) is 6.55 Å². The van der Waals surface area contributed by atoms with Crippen LogP contribution in [0.5, 0.6) is 0 Å². The zero-order valence-electron chi connectivity index (χ0n) is 7.96. The number of hydrogen-bond donors (Lipinski definition) is 0. The molecule has 0 heterocycles. The average molecular weight is 186 g/mol. The molecule has 0 bridgehead atoms. The van der Waals surface area contributed by atoms with Crippen molar-refractivity contribution in [1.82, 2.24) is 0 Å².